The second-order valence-electron chi connectivity index (χ2n) is 4.04. The monoisotopic (exact) mass is 278 g/mol. The summed E-state index contributed by atoms with van der Waals surface area (Å²) in [5.41, 5.74) is 0.172. The van der Waals surface area contributed by atoms with Gasteiger partial charge in [0.15, 0.2) is 0 Å². The number of hydrogen-bond donors (Lipinski definition) is 2. The second-order valence-corrected chi connectivity index (χ2v) is 5.73. The minimum Gasteiger partial charge on any atom is -0.378 e. The molecule has 0 saturated carbocycles. The van der Waals surface area contributed by atoms with Gasteiger partial charge in [0, 0.05) is 6.04 Å². The van der Waals surface area contributed by atoms with E-state index in [2.05, 4.69) is 10.0 Å². The summed E-state index contributed by atoms with van der Waals surface area (Å²) in [5, 5.41) is 2.42. The quantitative estimate of drug-likeness (QED) is 0.837. The molecule has 0 fully saturated rings. The lowest BCUT2D eigenvalue weighted by molar-refractivity contribution is 0.163. The maximum absolute atomic E-state index is 12.1. The van der Waals surface area contributed by atoms with Crippen molar-refractivity contribution >= 4 is 15.7 Å². The van der Waals surface area contributed by atoms with Crippen LogP contribution in [0.15, 0.2) is 29.2 Å². The fourth-order valence-electron chi connectivity index (χ4n) is 1.41. The fraction of sp³-hybridized carbons (Fsp3) is 0.455. The van der Waals surface area contributed by atoms with Gasteiger partial charge in [-0.2, -0.15) is 0 Å². The average molecular weight is 278 g/mol. The van der Waals surface area contributed by atoms with Gasteiger partial charge < -0.3 is 5.32 Å². The summed E-state index contributed by atoms with van der Waals surface area (Å²) in [7, 11) is -3.70. The van der Waals surface area contributed by atoms with Gasteiger partial charge in [0.25, 0.3) is 6.43 Å². The number of halogens is 2. The molecule has 1 rings (SSSR count). The summed E-state index contributed by atoms with van der Waals surface area (Å²) in [6.07, 6.45) is -2.54. The highest BCUT2D eigenvalue weighted by Gasteiger charge is 2.19. The van der Waals surface area contributed by atoms with E-state index in [-0.39, 0.29) is 16.6 Å². The van der Waals surface area contributed by atoms with Gasteiger partial charge in [-0.15, -0.1) is 0 Å². The van der Waals surface area contributed by atoms with Crippen LogP contribution in [0.3, 0.4) is 0 Å². The first kappa shape index (κ1) is 14.8. The molecule has 7 heteroatoms. The summed E-state index contributed by atoms with van der Waals surface area (Å²) in [5.74, 6) is 0. The normalized spacial score (nSPS) is 12.1. The van der Waals surface area contributed by atoms with Crippen LogP contribution in [0.5, 0.6) is 0 Å². The van der Waals surface area contributed by atoms with Crippen LogP contribution in [0.1, 0.15) is 13.8 Å². The Morgan fingerprint density at radius 1 is 1.22 bits per heavy atom. The minimum atomic E-state index is -3.70. The molecule has 1 aromatic rings. The third kappa shape index (κ3) is 4.23. The van der Waals surface area contributed by atoms with E-state index < -0.39 is 23.0 Å². The summed E-state index contributed by atoms with van der Waals surface area (Å²) >= 11 is 0. The van der Waals surface area contributed by atoms with E-state index in [0.29, 0.717) is 0 Å². The number of rotatable bonds is 6. The van der Waals surface area contributed by atoms with Crippen LogP contribution in [-0.4, -0.2) is 27.4 Å². The fourth-order valence-corrected chi connectivity index (χ4v) is 2.84. The number of benzene rings is 1. The van der Waals surface area contributed by atoms with E-state index in [1.807, 2.05) is 0 Å². The second kappa shape index (κ2) is 6.10. The maximum Gasteiger partial charge on any atom is 0.255 e. The molecule has 102 valence electrons. The first-order valence-corrected chi connectivity index (χ1v) is 6.94. The average Bonchev–Trinajstić information content (AvgIpc) is 2.25. The van der Waals surface area contributed by atoms with Crippen molar-refractivity contribution in [1.82, 2.24) is 4.72 Å². The number of alkyl halides is 2. The van der Waals surface area contributed by atoms with Gasteiger partial charge in [-0.05, 0) is 26.0 Å². The molecule has 0 heterocycles. The number of nitrogens with one attached hydrogen (secondary N) is 2. The Balaban J connectivity index is 3.01. The first-order valence-electron chi connectivity index (χ1n) is 5.46. The lowest BCUT2D eigenvalue weighted by Crippen LogP contribution is -2.31. The van der Waals surface area contributed by atoms with Gasteiger partial charge in [-0.1, -0.05) is 12.1 Å². The van der Waals surface area contributed by atoms with Crippen molar-refractivity contribution in [1.29, 1.82) is 0 Å². The molecule has 0 unspecified atom stereocenters. The molecule has 0 saturated heterocycles. The van der Waals surface area contributed by atoms with Crippen LogP contribution in [-0.2, 0) is 10.0 Å². The van der Waals surface area contributed by atoms with Crippen molar-refractivity contribution < 1.29 is 17.2 Å². The predicted molar refractivity (Wildman–Crippen MR) is 66.4 cm³/mol. The highest BCUT2D eigenvalue weighted by atomic mass is 32.2. The smallest absolute Gasteiger partial charge is 0.255 e. The van der Waals surface area contributed by atoms with Crippen LogP contribution < -0.4 is 10.0 Å². The molecule has 18 heavy (non-hydrogen) atoms. The molecule has 2 N–H and O–H groups in total. The summed E-state index contributed by atoms with van der Waals surface area (Å²) in [6, 6.07) is 5.69. The zero-order valence-electron chi connectivity index (χ0n) is 10.2. The number of anilines is 1. The highest BCUT2D eigenvalue weighted by Crippen LogP contribution is 2.21. The topological polar surface area (TPSA) is 58.2 Å². The molecule has 0 aliphatic heterocycles. The molecular weight excluding hydrogens is 262 g/mol. The first-order chi connectivity index (χ1) is 8.33. The summed E-state index contributed by atoms with van der Waals surface area (Å²) in [4.78, 5) is -0.0284. The van der Waals surface area contributed by atoms with E-state index >= 15 is 0 Å². The van der Waals surface area contributed by atoms with E-state index in [0.717, 1.165) is 0 Å². The minimum absolute atomic E-state index is 0.0284. The standard InChI is InChI=1S/C11H16F2N2O2S/c1-8(2)15-18(16,17)10-6-4-3-5-9(10)14-7-11(12)13/h3-6,8,11,14-15H,7H2,1-2H3. The van der Waals surface area contributed by atoms with E-state index in [1.54, 1.807) is 26.0 Å². The largest absolute Gasteiger partial charge is 0.378 e. The third-order valence-electron chi connectivity index (χ3n) is 2.01. The van der Waals surface area contributed by atoms with Crippen molar-refractivity contribution in [2.75, 3.05) is 11.9 Å². The van der Waals surface area contributed by atoms with Crippen LogP contribution in [0, 0.1) is 0 Å². The van der Waals surface area contributed by atoms with Crippen LogP contribution in [0.25, 0.3) is 0 Å². The van der Waals surface area contributed by atoms with Gasteiger partial charge in [0.1, 0.15) is 4.90 Å². The van der Waals surface area contributed by atoms with Gasteiger partial charge in [-0.25, -0.2) is 21.9 Å². The lowest BCUT2D eigenvalue weighted by atomic mass is 10.3. The highest BCUT2D eigenvalue weighted by molar-refractivity contribution is 7.89. The molecule has 0 aliphatic rings. The Morgan fingerprint density at radius 2 is 1.83 bits per heavy atom. The number of hydrogen-bond acceptors (Lipinski definition) is 3. The molecule has 0 aliphatic carbocycles. The van der Waals surface area contributed by atoms with Crippen molar-refractivity contribution in [3.63, 3.8) is 0 Å². The molecule has 4 nitrogen and oxygen atoms in total. The molecule has 0 spiro atoms. The third-order valence-corrected chi connectivity index (χ3v) is 3.73. The molecule has 1 aromatic carbocycles. The number of sulfonamides is 1. The summed E-state index contributed by atoms with van der Waals surface area (Å²) in [6.45, 7) is 2.79. The Morgan fingerprint density at radius 3 is 2.39 bits per heavy atom. The Kier molecular flexibility index (Phi) is 5.03. The van der Waals surface area contributed by atoms with Crippen LogP contribution in [0.4, 0.5) is 14.5 Å². The van der Waals surface area contributed by atoms with E-state index in [9.17, 15) is 17.2 Å². The number of para-hydroxylation sites is 1. The Bertz CT molecular complexity index is 490. The van der Waals surface area contributed by atoms with Crippen molar-refractivity contribution in [3.8, 4) is 0 Å². The van der Waals surface area contributed by atoms with E-state index in [4.69, 9.17) is 0 Å². The molecule has 0 amide bonds. The van der Waals surface area contributed by atoms with Crippen molar-refractivity contribution in [3.05, 3.63) is 24.3 Å². The zero-order chi connectivity index (χ0) is 13.8. The van der Waals surface area contributed by atoms with Gasteiger partial charge in [0.05, 0.1) is 12.2 Å². The summed E-state index contributed by atoms with van der Waals surface area (Å²) < 4.78 is 50.6. The van der Waals surface area contributed by atoms with Crippen LogP contribution in [0.2, 0.25) is 0 Å². The molecule has 0 radical (unpaired) electrons. The molecule has 0 aromatic heterocycles. The molecule has 0 bridgehead atoms. The van der Waals surface area contributed by atoms with Gasteiger partial charge in [0.2, 0.25) is 10.0 Å². The lowest BCUT2D eigenvalue weighted by Gasteiger charge is -2.14. The zero-order valence-corrected chi connectivity index (χ0v) is 11.0. The predicted octanol–water partition coefficient (Wildman–Crippen LogP) is 2.05. The Hall–Kier alpha value is -1.21. The molecular formula is C11H16F2N2O2S. The maximum atomic E-state index is 12.1. The van der Waals surface area contributed by atoms with E-state index in [1.165, 1.54) is 12.1 Å². The van der Waals surface area contributed by atoms with Crippen LogP contribution >= 0.6 is 0 Å². The van der Waals surface area contributed by atoms with Crippen molar-refractivity contribution in [2.45, 2.75) is 31.2 Å². The van der Waals surface area contributed by atoms with Gasteiger partial charge in [-0.3, -0.25) is 0 Å². The van der Waals surface area contributed by atoms with Gasteiger partial charge >= 0.3 is 0 Å². The van der Waals surface area contributed by atoms with Crippen molar-refractivity contribution in [2.24, 2.45) is 0 Å². The molecule has 0 atom stereocenters. The Labute approximate surface area is 105 Å². The SMILES string of the molecule is CC(C)NS(=O)(=O)c1ccccc1NCC(F)F.